The molecule has 2 aromatic carbocycles. The Morgan fingerprint density at radius 2 is 1.77 bits per heavy atom. The van der Waals surface area contributed by atoms with Crippen molar-refractivity contribution < 1.29 is 9.59 Å². The van der Waals surface area contributed by atoms with Crippen molar-refractivity contribution in [3.8, 4) is 5.69 Å². The molecule has 0 atom stereocenters. The Morgan fingerprint density at radius 3 is 2.50 bits per heavy atom. The predicted octanol–water partition coefficient (Wildman–Crippen LogP) is 2.35. The van der Waals surface area contributed by atoms with E-state index in [1.54, 1.807) is 28.9 Å². The number of carbonyl (C=O) groups is 2. The van der Waals surface area contributed by atoms with Gasteiger partial charge in [0.1, 0.15) is 0 Å². The van der Waals surface area contributed by atoms with Gasteiger partial charge in [-0.15, -0.1) is 5.10 Å². The Bertz CT molecular complexity index is 912. The van der Waals surface area contributed by atoms with Gasteiger partial charge in [0.25, 0.3) is 0 Å². The van der Waals surface area contributed by atoms with Crippen LogP contribution in [-0.2, 0) is 9.59 Å². The standard InChI is InChI=1S/C17H16N6O2S/c1-12(24)18-13-6-5-7-14(10-13)19-16(25)11-26-17-20-21-22-23(17)15-8-3-2-4-9-15/h2-10H,11H2,1H3,(H,18,24)(H,19,25). The van der Waals surface area contributed by atoms with Crippen LogP contribution in [0.3, 0.4) is 0 Å². The fourth-order valence-electron chi connectivity index (χ4n) is 2.21. The monoisotopic (exact) mass is 368 g/mol. The number of hydrogen-bond acceptors (Lipinski definition) is 6. The predicted molar refractivity (Wildman–Crippen MR) is 99.3 cm³/mol. The topological polar surface area (TPSA) is 102 Å². The molecule has 1 aromatic heterocycles. The maximum atomic E-state index is 12.2. The lowest BCUT2D eigenvalue weighted by molar-refractivity contribution is -0.114. The molecule has 0 aliphatic heterocycles. The molecule has 0 bridgehead atoms. The van der Waals surface area contributed by atoms with E-state index >= 15 is 0 Å². The number of rotatable bonds is 6. The SMILES string of the molecule is CC(=O)Nc1cccc(NC(=O)CSc2nnnn2-c2ccccc2)c1. The molecule has 0 aliphatic rings. The minimum atomic E-state index is -0.197. The number of aromatic nitrogens is 4. The van der Waals surface area contributed by atoms with Crippen molar-refractivity contribution >= 4 is 35.0 Å². The van der Waals surface area contributed by atoms with Crippen molar-refractivity contribution in [1.82, 2.24) is 20.2 Å². The number of benzene rings is 2. The number of tetrazole rings is 1. The number of nitrogens with one attached hydrogen (secondary N) is 2. The molecule has 0 aliphatic carbocycles. The summed E-state index contributed by atoms with van der Waals surface area (Å²) < 4.78 is 1.58. The molecule has 8 nitrogen and oxygen atoms in total. The molecule has 0 saturated carbocycles. The van der Waals surface area contributed by atoms with E-state index < -0.39 is 0 Å². The summed E-state index contributed by atoms with van der Waals surface area (Å²) in [6.45, 7) is 1.43. The summed E-state index contributed by atoms with van der Waals surface area (Å²) in [6, 6.07) is 16.4. The number of para-hydroxylation sites is 1. The van der Waals surface area contributed by atoms with E-state index in [-0.39, 0.29) is 17.6 Å². The molecule has 0 radical (unpaired) electrons. The number of amides is 2. The molecule has 3 rings (SSSR count). The first-order valence-corrected chi connectivity index (χ1v) is 8.74. The molecule has 2 N–H and O–H groups in total. The zero-order chi connectivity index (χ0) is 18.4. The molecule has 0 fully saturated rings. The Kier molecular flexibility index (Phi) is 5.59. The Hall–Kier alpha value is -3.20. The van der Waals surface area contributed by atoms with Crippen molar-refractivity contribution in [2.75, 3.05) is 16.4 Å². The highest BCUT2D eigenvalue weighted by atomic mass is 32.2. The van der Waals surface area contributed by atoms with Crippen molar-refractivity contribution in [2.45, 2.75) is 12.1 Å². The third kappa shape index (κ3) is 4.67. The number of thioether (sulfide) groups is 1. The molecule has 2 amide bonds. The summed E-state index contributed by atoms with van der Waals surface area (Å²) in [5.41, 5.74) is 2.05. The van der Waals surface area contributed by atoms with Crippen molar-refractivity contribution in [1.29, 1.82) is 0 Å². The van der Waals surface area contributed by atoms with Crippen LogP contribution in [-0.4, -0.2) is 37.8 Å². The summed E-state index contributed by atoms with van der Waals surface area (Å²) >= 11 is 1.24. The van der Waals surface area contributed by atoms with E-state index in [9.17, 15) is 9.59 Å². The highest BCUT2D eigenvalue weighted by Crippen LogP contribution is 2.19. The third-order valence-corrected chi connectivity index (χ3v) is 4.16. The molecule has 1 heterocycles. The van der Waals surface area contributed by atoms with Gasteiger partial charge in [0.2, 0.25) is 17.0 Å². The van der Waals surface area contributed by atoms with Crippen LogP contribution in [0, 0.1) is 0 Å². The maximum Gasteiger partial charge on any atom is 0.234 e. The molecule has 0 spiro atoms. The summed E-state index contributed by atoms with van der Waals surface area (Å²) in [6.07, 6.45) is 0. The second-order valence-corrected chi connectivity index (χ2v) is 6.25. The van der Waals surface area contributed by atoms with Crippen LogP contribution in [0.4, 0.5) is 11.4 Å². The molecular weight excluding hydrogens is 352 g/mol. The highest BCUT2D eigenvalue weighted by molar-refractivity contribution is 7.99. The normalized spacial score (nSPS) is 10.3. The van der Waals surface area contributed by atoms with Gasteiger partial charge in [0, 0.05) is 18.3 Å². The van der Waals surface area contributed by atoms with Gasteiger partial charge in [-0.05, 0) is 40.8 Å². The van der Waals surface area contributed by atoms with Gasteiger partial charge in [-0.3, -0.25) is 9.59 Å². The lowest BCUT2D eigenvalue weighted by Gasteiger charge is -2.08. The Labute approximate surface area is 154 Å². The van der Waals surface area contributed by atoms with Crippen LogP contribution in [0.15, 0.2) is 59.8 Å². The second-order valence-electron chi connectivity index (χ2n) is 5.31. The van der Waals surface area contributed by atoms with Gasteiger partial charge >= 0.3 is 0 Å². The van der Waals surface area contributed by atoms with Crippen LogP contribution >= 0.6 is 11.8 Å². The fourth-order valence-corrected chi connectivity index (χ4v) is 2.90. The van der Waals surface area contributed by atoms with E-state index in [2.05, 4.69) is 26.2 Å². The summed E-state index contributed by atoms with van der Waals surface area (Å²) in [5, 5.41) is 17.6. The first-order valence-electron chi connectivity index (χ1n) is 7.76. The lowest BCUT2D eigenvalue weighted by atomic mass is 10.2. The van der Waals surface area contributed by atoms with E-state index in [0.29, 0.717) is 16.5 Å². The van der Waals surface area contributed by atoms with Crippen LogP contribution in [0.1, 0.15) is 6.92 Å². The van der Waals surface area contributed by atoms with E-state index in [4.69, 9.17) is 0 Å². The first-order chi connectivity index (χ1) is 12.6. The number of nitrogens with zero attached hydrogens (tertiary/aromatic N) is 4. The lowest BCUT2D eigenvalue weighted by Crippen LogP contribution is -2.15. The Morgan fingerprint density at radius 1 is 1.04 bits per heavy atom. The largest absolute Gasteiger partial charge is 0.326 e. The average Bonchev–Trinajstić information content (AvgIpc) is 3.09. The fraction of sp³-hybridized carbons (Fsp3) is 0.118. The van der Waals surface area contributed by atoms with E-state index in [0.717, 1.165) is 5.69 Å². The smallest absolute Gasteiger partial charge is 0.234 e. The number of anilines is 2. The van der Waals surface area contributed by atoms with Crippen LogP contribution in [0.25, 0.3) is 5.69 Å². The van der Waals surface area contributed by atoms with Crippen LogP contribution in [0.5, 0.6) is 0 Å². The minimum absolute atomic E-state index is 0.150. The minimum Gasteiger partial charge on any atom is -0.326 e. The molecule has 9 heteroatoms. The number of hydrogen-bond donors (Lipinski definition) is 2. The van der Waals surface area contributed by atoms with E-state index in [1.165, 1.54) is 18.7 Å². The van der Waals surface area contributed by atoms with Gasteiger partial charge in [0.15, 0.2) is 0 Å². The zero-order valence-corrected chi connectivity index (χ0v) is 14.7. The van der Waals surface area contributed by atoms with Gasteiger partial charge in [0.05, 0.1) is 11.4 Å². The molecule has 3 aromatic rings. The summed E-state index contributed by atoms with van der Waals surface area (Å²) in [4.78, 5) is 23.3. The van der Waals surface area contributed by atoms with Crippen molar-refractivity contribution in [2.24, 2.45) is 0 Å². The Balaban J connectivity index is 1.60. The number of carbonyl (C=O) groups excluding carboxylic acids is 2. The van der Waals surface area contributed by atoms with Crippen molar-refractivity contribution in [3.63, 3.8) is 0 Å². The summed E-state index contributed by atoms with van der Waals surface area (Å²) in [5.74, 6) is -0.216. The van der Waals surface area contributed by atoms with Gasteiger partial charge in [-0.1, -0.05) is 36.0 Å². The summed E-state index contributed by atoms with van der Waals surface area (Å²) in [7, 11) is 0. The average molecular weight is 368 g/mol. The molecule has 0 saturated heterocycles. The second kappa shape index (κ2) is 8.26. The van der Waals surface area contributed by atoms with Gasteiger partial charge < -0.3 is 10.6 Å². The molecule has 26 heavy (non-hydrogen) atoms. The maximum absolute atomic E-state index is 12.2. The first kappa shape index (κ1) is 17.6. The highest BCUT2D eigenvalue weighted by Gasteiger charge is 2.11. The van der Waals surface area contributed by atoms with Gasteiger partial charge in [-0.2, -0.15) is 4.68 Å². The van der Waals surface area contributed by atoms with Gasteiger partial charge in [-0.25, -0.2) is 0 Å². The van der Waals surface area contributed by atoms with Crippen LogP contribution < -0.4 is 10.6 Å². The molecule has 132 valence electrons. The van der Waals surface area contributed by atoms with Crippen molar-refractivity contribution in [3.05, 3.63) is 54.6 Å². The quantitative estimate of drug-likeness (QED) is 0.648. The zero-order valence-electron chi connectivity index (χ0n) is 13.9. The van der Waals surface area contributed by atoms with E-state index in [1.807, 2.05) is 30.3 Å². The third-order valence-electron chi connectivity index (χ3n) is 3.24. The molecule has 0 unspecified atom stereocenters. The molecular formula is C17H16N6O2S. The van der Waals surface area contributed by atoms with Crippen LogP contribution in [0.2, 0.25) is 0 Å².